The van der Waals surface area contributed by atoms with E-state index in [0.717, 1.165) is 18.4 Å². The topological polar surface area (TPSA) is 66.4 Å². The van der Waals surface area contributed by atoms with E-state index in [1.165, 1.54) is 44.6 Å². The van der Waals surface area contributed by atoms with Gasteiger partial charge < -0.3 is 10.4 Å². The van der Waals surface area contributed by atoms with Crippen LogP contribution in [0.4, 0.5) is 5.69 Å². The number of carbonyl (C=O) groups excluding carboxylic acids is 1. The Hall–Kier alpha value is -1.84. The van der Waals surface area contributed by atoms with E-state index in [1.807, 2.05) is 13.8 Å². The van der Waals surface area contributed by atoms with Gasteiger partial charge >= 0.3 is 5.97 Å². The normalized spacial score (nSPS) is 12.0. The quantitative estimate of drug-likeness (QED) is 0.532. The van der Waals surface area contributed by atoms with Crippen molar-refractivity contribution in [2.45, 2.75) is 72.1 Å². The zero-order chi connectivity index (χ0) is 17.9. The molecule has 0 heterocycles. The van der Waals surface area contributed by atoms with Crippen molar-refractivity contribution in [3.8, 4) is 0 Å². The van der Waals surface area contributed by atoms with Crippen LogP contribution in [0.15, 0.2) is 18.2 Å². The molecular formula is C20H31NO3. The molecule has 0 aromatic heterocycles. The number of aryl methyl sites for hydroxylation is 1. The number of unbranched alkanes of at least 4 members (excludes halogenated alkanes) is 6. The molecule has 1 atom stereocenters. The van der Waals surface area contributed by atoms with Gasteiger partial charge in [0.25, 0.3) is 0 Å². The Kier molecular flexibility index (Phi) is 9.13. The van der Waals surface area contributed by atoms with Crippen LogP contribution in [0.25, 0.3) is 0 Å². The molecule has 1 aromatic carbocycles. The maximum Gasteiger partial charge on any atom is 0.335 e. The summed E-state index contributed by atoms with van der Waals surface area (Å²) in [6.45, 7) is 5.98. The highest BCUT2D eigenvalue weighted by Gasteiger charge is 2.14. The highest BCUT2D eigenvalue weighted by Crippen LogP contribution is 2.19. The Morgan fingerprint density at radius 2 is 1.71 bits per heavy atom. The number of aromatic carboxylic acids is 1. The molecule has 4 heteroatoms. The van der Waals surface area contributed by atoms with Crippen molar-refractivity contribution in [2.24, 2.45) is 5.92 Å². The van der Waals surface area contributed by atoms with Gasteiger partial charge in [-0.25, -0.2) is 4.79 Å². The molecule has 0 saturated heterocycles. The van der Waals surface area contributed by atoms with E-state index in [0.29, 0.717) is 5.69 Å². The van der Waals surface area contributed by atoms with Crippen LogP contribution in [0.3, 0.4) is 0 Å². The molecule has 0 saturated carbocycles. The second-order valence-electron chi connectivity index (χ2n) is 6.64. The minimum atomic E-state index is -0.955. The number of carboxylic acid groups (broad SMARTS) is 1. The molecule has 1 amide bonds. The lowest BCUT2D eigenvalue weighted by atomic mass is 10.0. The van der Waals surface area contributed by atoms with Crippen molar-refractivity contribution >= 4 is 17.6 Å². The average Bonchev–Trinajstić information content (AvgIpc) is 2.55. The summed E-state index contributed by atoms with van der Waals surface area (Å²) in [5, 5.41) is 11.9. The molecule has 0 fully saturated rings. The molecule has 1 aromatic rings. The number of hydrogen-bond donors (Lipinski definition) is 2. The van der Waals surface area contributed by atoms with Crippen LogP contribution >= 0.6 is 0 Å². The van der Waals surface area contributed by atoms with Gasteiger partial charge in [0.05, 0.1) is 5.56 Å². The highest BCUT2D eigenvalue weighted by atomic mass is 16.4. The summed E-state index contributed by atoms with van der Waals surface area (Å²) in [7, 11) is 0. The lowest BCUT2D eigenvalue weighted by molar-refractivity contribution is -0.119. The van der Waals surface area contributed by atoms with Crippen molar-refractivity contribution in [1.82, 2.24) is 0 Å². The Bertz CT molecular complexity index is 540. The maximum absolute atomic E-state index is 12.3. The molecule has 4 nitrogen and oxygen atoms in total. The molecule has 134 valence electrons. The average molecular weight is 333 g/mol. The van der Waals surface area contributed by atoms with Crippen molar-refractivity contribution in [3.05, 3.63) is 29.3 Å². The van der Waals surface area contributed by atoms with Gasteiger partial charge in [0, 0.05) is 11.6 Å². The number of benzene rings is 1. The van der Waals surface area contributed by atoms with Crippen molar-refractivity contribution in [1.29, 1.82) is 0 Å². The first-order chi connectivity index (χ1) is 11.5. The molecule has 1 unspecified atom stereocenters. The van der Waals surface area contributed by atoms with Gasteiger partial charge in [-0.15, -0.1) is 0 Å². The number of anilines is 1. The van der Waals surface area contributed by atoms with Crippen molar-refractivity contribution in [3.63, 3.8) is 0 Å². The number of hydrogen-bond acceptors (Lipinski definition) is 2. The Morgan fingerprint density at radius 3 is 2.29 bits per heavy atom. The molecule has 24 heavy (non-hydrogen) atoms. The van der Waals surface area contributed by atoms with Gasteiger partial charge in [0.1, 0.15) is 0 Å². The summed E-state index contributed by atoms with van der Waals surface area (Å²) in [4.78, 5) is 23.2. The van der Waals surface area contributed by atoms with Crippen LogP contribution in [-0.4, -0.2) is 17.0 Å². The summed E-state index contributed by atoms with van der Waals surface area (Å²) in [6, 6.07) is 4.77. The van der Waals surface area contributed by atoms with Crippen LogP contribution in [0, 0.1) is 12.8 Å². The van der Waals surface area contributed by atoms with Crippen LogP contribution in [0.1, 0.15) is 81.1 Å². The fourth-order valence-corrected chi connectivity index (χ4v) is 2.73. The molecular weight excluding hydrogens is 302 g/mol. The summed E-state index contributed by atoms with van der Waals surface area (Å²) >= 11 is 0. The SMILES string of the molecule is CCCCCCCCCC(C)C(=O)Nc1ccc(C(=O)O)cc1C. The largest absolute Gasteiger partial charge is 0.478 e. The van der Waals surface area contributed by atoms with Gasteiger partial charge in [-0.05, 0) is 37.1 Å². The van der Waals surface area contributed by atoms with Gasteiger partial charge in [0.2, 0.25) is 5.91 Å². The van der Waals surface area contributed by atoms with E-state index in [2.05, 4.69) is 12.2 Å². The lowest BCUT2D eigenvalue weighted by Gasteiger charge is -2.14. The van der Waals surface area contributed by atoms with Crippen LogP contribution in [-0.2, 0) is 4.79 Å². The zero-order valence-electron chi connectivity index (χ0n) is 15.2. The first-order valence-electron chi connectivity index (χ1n) is 9.10. The van der Waals surface area contributed by atoms with Gasteiger partial charge in [-0.1, -0.05) is 58.8 Å². The molecule has 0 bridgehead atoms. The highest BCUT2D eigenvalue weighted by molar-refractivity contribution is 5.94. The second-order valence-corrected chi connectivity index (χ2v) is 6.64. The van der Waals surface area contributed by atoms with Crippen LogP contribution in [0.2, 0.25) is 0 Å². The minimum Gasteiger partial charge on any atom is -0.478 e. The maximum atomic E-state index is 12.3. The predicted molar refractivity (Wildman–Crippen MR) is 98.5 cm³/mol. The minimum absolute atomic E-state index is 0.00663. The van der Waals surface area contributed by atoms with E-state index in [1.54, 1.807) is 12.1 Å². The third-order valence-electron chi connectivity index (χ3n) is 4.42. The Balaban J connectivity index is 2.35. The van der Waals surface area contributed by atoms with Crippen molar-refractivity contribution in [2.75, 3.05) is 5.32 Å². The molecule has 0 aliphatic heterocycles. The van der Waals surface area contributed by atoms with Crippen LogP contribution < -0.4 is 5.32 Å². The monoisotopic (exact) mass is 333 g/mol. The van der Waals surface area contributed by atoms with Crippen LogP contribution in [0.5, 0.6) is 0 Å². The fraction of sp³-hybridized carbons (Fsp3) is 0.600. The summed E-state index contributed by atoms with van der Waals surface area (Å²) in [5.74, 6) is -0.977. The summed E-state index contributed by atoms with van der Waals surface area (Å²) < 4.78 is 0. The third-order valence-corrected chi connectivity index (χ3v) is 4.42. The molecule has 0 radical (unpaired) electrons. The fourth-order valence-electron chi connectivity index (χ4n) is 2.73. The Labute approximate surface area is 145 Å². The van der Waals surface area contributed by atoms with Crippen molar-refractivity contribution < 1.29 is 14.7 Å². The molecule has 2 N–H and O–H groups in total. The predicted octanol–water partition coefficient (Wildman–Crippen LogP) is 5.41. The Morgan fingerprint density at radius 1 is 1.08 bits per heavy atom. The number of nitrogens with one attached hydrogen (secondary N) is 1. The lowest BCUT2D eigenvalue weighted by Crippen LogP contribution is -2.21. The smallest absolute Gasteiger partial charge is 0.335 e. The van der Waals surface area contributed by atoms with E-state index in [4.69, 9.17) is 5.11 Å². The van der Waals surface area contributed by atoms with E-state index < -0.39 is 5.97 Å². The number of carboxylic acids is 1. The first kappa shape index (κ1) is 20.2. The van der Waals surface area contributed by atoms with E-state index in [9.17, 15) is 9.59 Å². The first-order valence-corrected chi connectivity index (χ1v) is 9.10. The molecule has 0 aliphatic carbocycles. The number of carbonyl (C=O) groups is 2. The van der Waals surface area contributed by atoms with E-state index >= 15 is 0 Å². The number of rotatable bonds is 11. The van der Waals surface area contributed by atoms with Gasteiger partial charge in [-0.2, -0.15) is 0 Å². The third kappa shape index (κ3) is 7.16. The zero-order valence-corrected chi connectivity index (χ0v) is 15.2. The van der Waals surface area contributed by atoms with Gasteiger partial charge in [-0.3, -0.25) is 4.79 Å². The number of amides is 1. The van der Waals surface area contributed by atoms with Gasteiger partial charge in [0.15, 0.2) is 0 Å². The molecule has 0 aliphatic rings. The molecule has 1 rings (SSSR count). The standard InChI is InChI=1S/C20H31NO3/c1-4-5-6-7-8-9-10-11-15(2)19(22)21-18-13-12-17(20(23)24)14-16(18)3/h12-15H,4-11H2,1-3H3,(H,21,22)(H,23,24). The summed E-state index contributed by atoms with van der Waals surface area (Å²) in [5.41, 5.74) is 1.70. The van der Waals surface area contributed by atoms with E-state index in [-0.39, 0.29) is 17.4 Å². The molecule has 0 spiro atoms. The summed E-state index contributed by atoms with van der Waals surface area (Å²) in [6.07, 6.45) is 9.62. The second kappa shape index (κ2) is 10.8.